The SMILES string of the molecule is CCC(C)(C)C(=O)OC1CC2CC(C(=O)OCOC3C4CC5CC(C4)C(=O)C3C5)C1C2.CCC(C)(C)C(=O)OC1CC2CC1C1C3CC(CC3C(=O)OCOC3C4CC5CC(C4)CC3C5)C21.CCOCOC(=O)C1CC2CC1C1C3CC(CC3OC(=O)C(C)(C)CC)C21. The number of ketones is 1. The molecule has 18 aliphatic carbocycles. The van der Waals surface area contributed by atoms with E-state index in [1.807, 2.05) is 62.3 Å². The smallest absolute Gasteiger partial charge is 0.311 e. The molecule has 0 N–H and O–H groups in total. The molecule has 18 aliphatic rings. The van der Waals surface area contributed by atoms with Crippen LogP contribution in [-0.2, 0) is 76.2 Å². The lowest BCUT2D eigenvalue weighted by atomic mass is 9.54. The summed E-state index contributed by atoms with van der Waals surface area (Å²) < 4.78 is 52.1. The van der Waals surface area contributed by atoms with Crippen LogP contribution in [0.4, 0.5) is 0 Å². The minimum atomic E-state index is -0.498. The fourth-order valence-corrected chi connectivity index (χ4v) is 24.7. The molecule has 0 aromatic rings. The van der Waals surface area contributed by atoms with Crippen molar-refractivity contribution in [1.82, 2.24) is 0 Å². The molecule has 518 valence electrons. The molecule has 0 spiro atoms. The lowest BCUT2D eigenvalue weighted by Crippen LogP contribution is -2.55. The molecule has 25 unspecified atom stereocenters. The average molecular weight is 1300 g/mol. The van der Waals surface area contributed by atoms with E-state index in [0.717, 1.165) is 120 Å². The van der Waals surface area contributed by atoms with Gasteiger partial charge < -0.3 is 42.6 Å². The summed E-state index contributed by atoms with van der Waals surface area (Å²) >= 11 is 0. The van der Waals surface area contributed by atoms with E-state index in [1.54, 1.807) is 0 Å². The molecule has 25 atom stereocenters. The Hall–Kier alpha value is -3.63. The summed E-state index contributed by atoms with van der Waals surface area (Å²) in [6.45, 7) is 20.4. The summed E-state index contributed by atoms with van der Waals surface area (Å²) in [6, 6.07) is 0. The van der Waals surface area contributed by atoms with Crippen LogP contribution >= 0.6 is 0 Å². The van der Waals surface area contributed by atoms with Gasteiger partial charge in [0.2, 0.25) is 0 Å². The number of rotatable bonds is 21. The molecular weight excluding hydrogens is 1180 g/mol. The highest BCUT2D eigenvalue weighted by molar-refractivity contribution is 5.86. The summed E-state index contributed by atoms with van der Waals surface area (Å²) in [4.78, 5) is 89.0. The fraction of sp³-hybridized carbons (Fsp3) is 0.909. The van der Waals surface area contributed by atoms with Crippen molar-refractivity contribution < 1.29 is 76.2 Å². The predicted molar refractivity (Wildman–Crippen MR) is 341 cm³/mol. The Morgan fingerprint density at radius 3 is 1.23 bits per heavy atom. The standard InChI is InChI=1S/C30H44O5.C25H36O6.C22H34O5/c1-4-30(2,3)29(32)35-24-13-18-12-23(24)26-21-10-17(25(18)26)11-22(21)28(31)34-14-33-27-19-6-15-5-16(8-19)9-20(27)7-15;1-4-25(2,3)24(28)31-20-10-14-7-17(20)18(8-14)23(27)30-12-29-22-16-6-13-5-15(11-16)21(26)19(22)9-13;1-5-22(3,4)21(24)27-17-10-13-9-16(17)19-14-7-12(18(13)19)8-15(14)20(23)26-11-25-6-2/h15-27H,4-14H2,1-3H3;13-20,22H,4-12H2,1-3H3;12-19H,5-11H2,1-4H3. The fourth-order valence-electron chi connectivity index (χ4n) is 24.7. The maximum atomic E-state index is 13.2. The van der Waals surface area contributed by atoms with Gasteiger partial charge in [-0.3, -0.25) is 33.6 Å². The van der Waals surface area contributed by atoms with Crippen LogP contribution in [0.5, 0.6) is 0 Å². The van der Waals surface area contributed by atoms with Crippen LogP contribution in [0.25, 0.3) is 0 Å². The Morgan fingerprint density at radius 2 is 0.763 bits per heavy atom. The number of hydrogen-bond acceptors (Lipinski definition) is 16. The van der Waals surface area contributed by atoms with Crippen molar-refractivity contribution >= 4 is 41.6 Å². The summed E-state index contributed by atoms with van der Waals surface area (Å²) in [5.74, 6) is 11.6. The van der Waals surface area contributed by atoms with Crippen LogP contribution in [0, 0.1) is 164 Å². The third-order valence-corrected chi connectivity index (χ3v) is 29.9. The largest absolute Gasteiger partial charge is 0.462 e. The van der Waals surface area contributed by atoms with Gasteiger partial charge in [0.1, 0.15) is 24.1 Å². The highest BCUT2D eigenvalue weighted by Gasteiger charge is 2.69. The zero-order valence-electron chi connectivity index (χ0n) is 57.9. The van der Waals surface area contributed by atoms with Crippen molar-refractivity contribution in [3.8, 4) is 0 Å². The Kier molecular flexibility index (Phi) is 18.6. The quantitative estimate of drug-likeness (QED) is 0.0345. The van der Waals surface area contributed by atoms with Gasteiger partial charge in [-0.2, -0.15) is 0 Å². The zero-order chi connectivity index (χ0) is 65.3. The Morgan fingerprint density at radius 1 is 0.366 bits per heavy atom. The molecule has 18 saturated carbocycles. The van der Waals surface area contributed by atoms with Crippen molar-refractivity contribution in [2.75, 3.05) is 27.0 Å². The van der Waals surface area contributed by atoms with Gasteiger partial charge in [-0.15, -0.1) is 0 Å². The second kappa shape index (κ2) is 25.9. The third kappa shape index (κ3) is 12.2. The summed E-state index contributed by atoms with van der Waals surface area (Å²) in [5.41, 5.74) is -1.33. The summed E-state index contributed by atoms with van der Waals surface area (Å²) in [6.07, 6.45) is 24.6. The average Bonchev–Trinajstić information content (AvgIpc) is 1.56. The molecule has 18 bridgehead atoms. The number of Topliss-reactive ketones (excluding diaryl/α,β-unsaturated/α-hetero) is 1. The van der Waals surface area contributed by atoms with Gasteiger partial charge in [0.25, 0.3) is 0 Å². The highest BCUT2D eigenvalue weighted by atomic mass is 16.7. The maximum Gasteiger partial charge on any atom is 0.311 e. The number of ether oxygens (including phenoxy) is 9. The number of carbonyl (C=O) groups is 7. The number of fused-ring (bicyclic) bond motifs is 20. The number of carbonyl (C=O) groups excluding carboxylic acids is 7. The van der Waals surface area contributed by atoms with Gasteiger partial charge in [0.15, 0.2) is 20.4 Å². The van der Waals surface area contributed by atoms with Gasteiger partial charge in [0, 0.05) is 24.4 Å². The molecule has 0 aromatic carbocycles. The zero-order valence-corrected chi connectivity index (χ0v) is 57.9. The van der Waals surface area contributed by atoms with E-state index < -0.39 is 16.2 Å². The third-order valence-electron chi connectivity index (χ3n) is 29.9. The first-order valence-electron chi connectivity index (χ1n) is 37.9. The molecule has 0 aliphatic heterocycles. The molecule has 0 radical (unpaired) electrons. The molecule has 0 amide bonds. The predicted octanol–water partition coefficient (Wildman–Crippen LogP) is 13.3. The van der Waals surface area contributed by atoms with E-state index in [4.69, 9.17) is 42.6 Å². The molecule has 0 heterocycles. The molecule has 18 rings (SSSR count). The monoisotopic (exact) mass is 1290 g/mol. The van der Waals surface area contributed by atoms with Crippen LogP contribution in [0.1, 0.15) is 217 Å². The molecular formula is C77H114O16. The van der Waals surface area contributed by atoms with Gasteiger partial charge in [-0.1, -0.05) is 20.8 Å². The molecule has 18 fully saturated rings. The molecule has 16 heteroatoms. The van der Waals surface area contributed by atoms with Gasteiger partial charge in [-0.05, 0) is 309 Å². The van der Waals surface area contributed by atoms with E-state index >= 15 is 0 Å². The maximum absolute atomic E-state index is 13.2. The van der Waals surface area contributed by atoms with E-state index in [1.165, 1.54) is 51.4 Å². The summed E-state index contributed by atoms with van der Waals surface area (Å²) in [5, 5.41) is 0. The first kappa shape index (κ1) is 66.6. The minimum Gasteiger partial charge on any atom is -0.462 e. The van der Waals surface area contributed by atoms with Crippen LogP contribution in [0.3, 0.4) is 0 Å². The molecule has 93 heavy (non-hydrogen) atoms. The van der Waals surface area contributed by atoms with Gasteiger partial charge in [0.05, 0.1) is 46.2 Å². The highest BCUT2D eigenvalue weighted by Crippen LogP contribution is 2.71. The lowest BCUT2D eigenvalue weighted by Gasteiger charge is -2.53. The summed E-state index contributed by atoms with van der Waals surface area (Å²) in [7, 11) is 0. The number of esters is 6. The van der Waals surface area contributed by atoms with E-state index in [-0.39, 0.29) is 116 Å². The normalized spacial score (nSPS) is 45.4. The Labute approximate surface area is 554 Å². The molecule has 16 nitrogen and oxygen atoms in total. The van der Waals surface area contributed by atoms with Gasteiger partial charge in [-0.25, -0.2) is 0 Å². The Bertz CT molecular complexity index is 2800. The van der Waals surface area contributed by atoms with E-state index in [2.05, 4.69) is 6.92 Å². The first-order chi connectivity index (χ1) is 44.5. The van der Waals surface area contributed by atoms with Crippen molar-refractivity contribution in [3.63, 3.8) is 0 Å². The molecule has 0 saturated heterocycles. The minimum absolute atomic E-state index is 0.00292. The first-order valence-corrected chi connectivity index (χ1v) is 37.9. The van der Waals surface area contributed by atoms with Crippen molar-refractivity contribution in [2.45, 2.75) is 247 Å². The van der Waals surface area contributed by atoms with Crippen molar-refractivity contribution in [3.05, 3.63) is 0 Å². The van der Waals surface area contributed by atoms with Crippen molar-refractivity contribution in [1.29, 1.82) is 0 Å². The van der Waals surface area contributed by atoms with Crippen LogP contribution in [0.2, 0.25) is 0 Å². The van der Waals surface area contributed by atoms with Gasteiger partial charge >= 0.3 is 35.8 Å². The van der Waals surface area contributed by atoms with Crippen LogP contribution < -0.4 is 0 Å². The molecule has 0 aromatic heterocycles. The Balaban J connectivity index is 0.000000122. The number of hydrogen-bond donors (Lipinski definition) is 0. The van der Waals surface area contributed by atoms with E-state index in [9.17, 15) is 33.6 Å². The lowest BCUT2D eigenvalue weighted by molar-refractivity contribution is -0.193. The topological polar surface area (TPSA) is 203 Å². The van der Waals surface area contributed by atoms with Crippen LogP contribution in [0.15, 0.2) is 0 Å². The van der Waals surface area contributed by atoms with Crippen LogP contribution in [-0.4, -0.2) is 99.1 Å². The van der Waals surface area contributed by atoms with E-state index in [0.29, 0.717) is 107 Å². The second-order valence-corrected chi connectivity index (χ2v) is 35.7. The van der Waals surface area contributed by atoms with Crippen molar-refractivity contribution in [2.24, 2.45) is 164 Å². The second-order valence-electron chi connectivity index (χ2n) is 35.7.